The molecular weight excluding hydrogens is 376 g/mol. The van der Waals surface area contributed by atoms with E-state index in [-0.39, 0.29) is 35.3 Å². The molecule has 3 rings (SSSR count). The predicted molar refractivity (Wildman–Crippen MR) is 105 cm³/mol. The number of methoxy groups -OCH3 is 1. The molecule has 2 aliphatic carbocycles. The lowest BCUT2D eigenvalue weighted by Crippen LogP contribution is -2.31. The maximum absolute atomic E-state index is 12.3. The van der Waals surface area contributed by atoms with Crippen LogP contribution in [0.3, 0.4) is 0 Å². The Morgan fingerprint density at radius 2 is 1.62 bits per heavy atom. The molecular formula is C22H36O7. The standard InChI is InChI=1S/C22H36O7/c1-22(14-26-2,8-10-27-20(24)15-4-3-5-17(23)12-15)9-11-28-21(25)16-6-7-18-19(13-16)29-18/h15-19,23H,3-14H2,1-2H3. The highest BCUT2D eigenvalue weighted by Gasteiger charge is 2.46. The summed E-state index contributed by atoms with van der Waals surface area (Å²) in [5.41, 5.74) is -0.237. The van der Waals surface area contributed by atoms with Crippen molar-refractivity contribution in [2.45, 2.75) is 83.0 Å². The van der Waals surface area contributed by atoms with Gasteiger partial charge in [0.15, 0.2) is 0 Å². The predicted octanol–water partition coefficient (Wildman–Crippen LogP) is 2.62. The minimum atomic E-state index is -0.392. The molecule has 29 heavy (non-hydrogen) atoms. The number of fused-ring (bicyclic) bond motifs is 1. The molecule has 1 heterocycles. The van der Waals surface area contributed by atoms with Gasteiger partial charge in [-0.1, -0.05) is 13.3 Å². The summed E-state index contributed by atoms with van der Waals surface area (Å²) in [5.74, 6) is -0.577. The fourth-order valence-corrected chi connectivity index (χ4v) is 4.65. The van der Waals surface area contributed by atoms with Gasteiger partial charge in [-0.2, -0.15) is 0 Å². The average molecular weight is 413 g/mol. The number of hydrogen-bond acceptors (Lipinski definition) is 7. The van der Waals surface area contributed by atoms with E-state index in [0.717, 1.165) is 38.5 Å². The van der Waals surface area contributed by atoms with E-state index in [2.05, 4.69) is 6.92 Å². The van der Waals surface area contributed by atoms with Crippen molar-refractivity contribution in [2.24, 2.45) is 17.3 Å². The van der Waals surface area contributed by atoms with Crippen molar-refractivity contribution in [2.75, 3.05) is 26.9 Å². The molecule has 1 N–H and O–H groups in total. The van der Waals surface area contributed by atoms with E-state index >= 15 is 0 Å². The second-order valence-electron chi connectivity index (χ2n) is 9.32. The zero-order valence-corrected chi connectivity index (χ0v) is 17.8. The highest BCUT2D eigenvalue weighted by Crippen LogP contribution is 2.40. The van der Waals surface area contributed by atoms with Crippen molar-refractivity contribution < 1.29 is 33.6 Å². The summed E-state index contributed by atoms with van der Waals surface area (Å²) < 4.78 is 21.9. The summed E-state index contributed by atoms with van der Waals surface area (Å²) in [6.07, 6.45) is 7.04. The third-order valence-electron chi connectivity index (χ3n) is 6.71. The molecule has 166 valence electrons. The molecule has 1 aliphatic heterocycles. The molecule has 0 bridgehead atoms. The van der Waals surface area contributed by atoms with Crippen molar-refractivity contribution >= 4 is 11.9 Å². The van der Waals surface area contributed by atoms with E-state index < -0.39 is 6.10 Å². The number of aliphatic hydroxyl groups excluding tert-OH is 1. The molecule has 0 spiro atoms. The van der Waals surface area contributed by atoms with Gasteiger partial charge < -0.3 is 24.1 Å². The minimum absolute atomic E-state index is 0.0424. The number of hydrogen-bond donors (Lipinski definition) is 1. The lowest BCUT2D eigenvalue weighted by molar-refractivity contribution is -0.152. The van der Waals surface area contributed by atoms with E-state index in [1.807, 2.05) is 0 Å². The zero-order chi connectivity index (χ0) is 20.9. The van der Waals surface area contributed by atoms with Gasteiger partial charge in [-0.15, -0.1) is 0 Å². The summed E-state index contributed by atoms with van der Waals surface area (Å²) in [4.78, 5) is 24.6. The van der Waals surface area contributed by atoms with Crippen LogP contribution in [-0.4, -0.2) is 62.3 Å². The van der Waals surface area contributed by atoms with E-state index in [0.29, 0.717) is 45.2 Å². The Morgan fingerprint density at radius 3 is 2.21 bits per heavy atom. The third-order valence-corrected chi connectivity index (χ3v) is 6.71. The summed E-state index contributed by atoms with van der Waals surface area (Å²) in [6.45, 7) is 3.21. The number of aliphatic hydroxyl groups is 1. The molecule has 0 aromatic heterocycles. The second-order valence-corrected chi connectivity index (χ2v) is 9.32. The number of epoxide rings is 1. The Kier molecular flexibility index (Phi) is 7.93. The SMILES string of the molecule is COCC(C)(CCOC(=O)C1CCCC(O)C1)CCOC(=O)C1CCC2OC2C1. The first-order valence-corrected chi connectivity index (χ1v) is 11.1. The summed E-state index contributed by atoms with van der Waals surface area (Å²) in [6, 6.07) is 0. The maximum Gasteiger partial charge on any atom is 0.309 e. The molecule has 6 unspecified atom stereocenters. The third kappa shape index (κ3) is 6.66. The van der Waals surface area contributed by atoms with Crippen LogP contribution < -0.4 is 0 Å². The van der Waals surface area contributed by atoms with Crippen LogP contribution in [0, 0.1) is 17.3 Å². The number of carbonyl (C=O) groups excluding carboxylic acids is 2. The van der Waals surface area contributed by atoms with E-state index in [4.69, 9.17) is 18.9 Å². The highest BCUT2D eigenvalue weighted by atomic mass is 16.6. The topological polar surface area (TPSA) is 94.6 Å². The van der Waals surface area contributed by atoms with Crippen LogP contribution >= 0.6 is 0 Å². The van der Waals surface area contributed by atoms with Gasteiger partial charge >= 0.3 is 11.9 Å². The Balaban J connectivity index is 1.36. The van der Waals surface area contributed by atoms with Crippen molar-refractivity contribution in [1.82, 2.24) is 0 Å². The Hall–Kier alpha value is -1.18. The number of esters is 2. The largest absolute Gasteiger partial charge is 0.465 e. The molecule has 0 aromatic rings. The molecule has 0 aromatic carbocycles. The molecule has 3 fully saturated rings. The number of rotatable bonds is 10. The molecule has 0 amide bonds. The van der Waals surface area contributed by atoms with Crippen LogP contribution in [-0.2, 0) is 28.5 Å². The van der Waals surface area contributed by atoms with E-state index in [9.17, 15) is 14.7 Å². The molecule has 1 saturated heterocycles. The molecule has 0 radical (unpaired) electrons. The monoisotopic (exact) mass is 412 g/mol. The van der Waals surface area contributed by atoms with Gasteiger partial charge in [0.25, 0.3) is 0 Å². The first-order valence-electron chi connectivity index (χ1n) is 11.1. The summed E-state index contributed by atoms with van der Waals surface area (Å²) in [5, 5.41) is 9.73. The zero-order valence-electron chi connectivity index (χ0n) is 17.8. The van der Waals surface area contributed by atoms with Crippen LogP contribution in [0.15, 0.2) is 0 Å². The van der Waals surface area contributed by atoms with Crippen molar-refractivity contribution in [3.05, 3.63) is 0 Å². The molecule has 7 heteroatoms. The van der Waals surface area contributed by atoms with Gasteiger partial charge in [-0.05, 0) is 56.8 Å². The van der Waals surface area contributed by atoms with Gasteiger partial charge in [0.2, 0.25) is 0 Å². The molecule has 7 nitrogen and oxygen atoms in total. The maximum atomic E-state index is 12.3. The summed E-state index contributed by atoms with van der Waals surface area (Å²) >= 11 is 0. The van der Waals surface area contributed by atoms with Gasteiger partial charge in [0.1, 0.15) is 0 Å². The molecule has 3 aliphatic rings. The normalized spacial score (nSPS) is 33.3. The van der Waals surface area contributed by atoms with Gasteiger partial charge in [-0.3, -0.25) is 9.59 Å². The fraction of sp³-hybridized carbons (Fsp3) is 0.909. The molecule has 6 atom stereocenters. The first kappa shape index (κ1) is 22.5. The van der Waals surface area contributed by atoms with Gasteiger partial charge in [0, 0.05) is 7.11 Å². The minimum Gasteiger partial charge on any atom is -0.465 e. The fourth-order valence-electron chi connectivity index (χ4n) is 4.65. The lowest BCUT2D eigenvalue weighted by Gasteiger charge is -2.29. The Morgan fingerprint density at radius 1 is 0.966 bits per heavy atom. The smallest absolute Gasteiger partial charge is 0.309 e. The van der Waals surface area contributed by atoms with Gasteiger partial charge in [0.05, 0.1) is 50.0 Å². The number of carbonyl (C=O) groups is 2. The van der Waals surface area contributed by atoms with Crippen LogP contribution in [0.25, 0.3) is 0 Å². The Labute approximate surface area is 173 Å². The van der Waals surface area contributed by atoms with Crippen LogP contribution in [0.5, 0.6) is 0 Å². The average Bonchev–Trinajstić information content (AvgIpc) is 3.47. The lowest BCUT2D eigenvalue weighted by atomic mass is 9.84. The van der Waals surface area contributed by atoms with E-state index in [1.165, 1.54) is 0 Å². The van der Waals surface area contributed by atoms with Crippen molar-refractivity contribution in [1.29, 1.82) is 0 Å². The second kappa shape index (κ2) is 10.2. The molecule has 2 saturated carbocycles. The van der Waals surface area contributed by atoms with Gasteiger partial charge in [-0.25, -0.2) is 0 Å². The van der Waals surface area contributed by atoms with Crippen molar-refractivity contribution in [3.8, 4) is 0 Å². The summed E-state index contributed by atoms with van der Waals surface area (Å²) in [7, 11) is 1.65. The highest BCUT2D eigenvalue weighted by molar-refractivity contribution is 5.73. The first-order chi connectivity index (χ1) is 13.9. The van der Waals surface area contributed by atoms with Crippen LogP contribution in [0.1, 0.15) is 64.7 Å². The van der Waals surface area contributed by atoms with E-state index in [1.54, 1.807) is 7.11 Å². The van der Waals surface area contributed by atoms with Crippen LogP contribution in [0.4, 0.5) is 0 Å². The quantitative estimate of drug-likeness (QED) is 0.435. The van der Waals surface area contributed by atoms with Crippen molar-refractivity contribution in [3.63, 3.8) is 0 Å². The van der Waals surface area contributed by atoms with Crippen LogP contribution in [0.2, 0.25) is 0 Å². The number of ether oxygens (including phenoxy) is 4. The Bertz CT molecular complexity index is 539.